The van der Waals surface area contributed by atoms with Gasteiger partial charge in [-0.05, 0) is 20.3 Å². The Morgan fingerprint density at radius 2 is 2.16 bits per heavy atom. The Hall–Kier alpha value is -1.30. The van der Waals surface area contributed by atoms with Crippen molar-refractivity contribution >= 4 is 12.0 Å². The van der Waals surface area contributed by atoms with Crippen LogP contribution in [-0.4, -0.2) is 65.3 Å². The third kappa shape index (κ3) is 4.09. The van der Waals surface area contributed by atoms with Crippen molar-refractivity contribution in [2.75, 3.05) is 26.3 Å². The van der Waals surface area contributed by atoms with Crippen LogP contribution < -0.4 is 0 Å². The van der Waals surface area contributed by atoms with E-state index in [9.17, 15) is 9.59 Å². The van der Waals surface area contributed by atoms with Gasteiger partial charge in [-0.3, -0.25) is 4.79 Å². The average molecular weight is 272 g/mol. The van der Waals surface area contributed by atoms with Crippen LogP contribution in [0.4, 0.5) is 4.79 Å². The maximum atomic E-state index is 12.5. The van der Waals surface area contributed by atoms with Crippen molar-refractivity contribution in [3.05, 3.63) is 0 Å². The molecule has 0 bridgehead atoms. The molecule has 0 saturated carbocycles. The van der Waals surface area contributed by atoms with Crippen LogP contribution in [0.15, 0.2) is 0 Å². The first-order valence-electron chi connectivity index (χ1n) is 6.88. The lowest BCUT2D eigenvalue weighted by atomic mass is 10.1. The second kappa shape index (κ2) is 7.33. The Labute approximate surface area is 114 Å². The van der Waals surface area contributed by atoms with E-state index in [2.05, 4.69) is 0 Å². The third-order valence-electron chi connectivity index (χ3n) is 3.53. The zero-order valence-corrected chi connectivity index (χ0v) is 12.0. The zero-order chi connectivity index (χ0) is 14.4. The van der Waals surface area contributed by atoms with Crippen LogP contribution in [0.3, 0.4) is 0 Å². The molecule has 1 aliphatic heterocycles. The number of morpholine rings is 1. The molecule has 110 valence electrons. The van der Waals surface area contributed by atoms with Crippen LogP contribution in [0.2, 0.25) is 0 Å². The van der Waals surface area contributed by atoms with Gasteiger partial charge in [-0.15, -0.1) is 0 Å². The number of amides is 2. The molecule has 2 amide bonds. The lowest BCUT2D eigenvalue weighted by Crippen LogP contribution is -2.55. The second-order valence-electron chi connectivity index (χ2n) is 4.85. The number of urea groups is 1. The topological polar surface area (TPSA) is 70.1 Å². The molecule has 0 aromatic rings. The Balaban J connectivity index is 2.73. The van der Waals surface area contributed by atoms with Crippen molar-refractivity contribution in [3.8, 4) is 0 Å². The average Bonchev–Trinajstić information content (AvgIpc) is 2.38. The van der Waals surface area contributed by atoms with Gasteiger partial charge in [0.05, 0.1) is 25.7 Å². The van der Waals surface area contributed by atoms with E-state index in [-0.39, 0.29) is 24.5 Å². The zero-order valence-electron chi connectivity index (χ0n) is 12.0. The summed E-state index contributed by atoms with van der Waals surface area (Å²) in [6.07, 6.45) is 0.817. The number of hydrogen-bond donors (Lipinski definition) is 1. The molecule has 1 saturated heterocycles. The normalized spacial score (nSPS) is 21.0. The van der Waals surface area contributed by atoms with Crippen molar-refractivity contribution < 1.29 is 19.4 Å². The number of carbonyl (C=O) groups excluding carboxylic acids is 1. The van der Waals surface area contributed by atoms with Crippen molar-refractivity contribution in [2.24, 2.45) is 0 Å². The first kappa shape index (κ1) is 15.8. The van der Waals surface area contributed by atoms with Crippen LogP contribution in [0.1, 0.15) is 33.6 Å². The number of hydrogen-bond acceptors (Lipinski definition) is 3. The van der Waals surface area contributed by atoms with Crippen LogP contribution in [0, 0.1) is 0 Å². The molecule has 1 heterocycles. The van der Waals surface area contributed by atoms with E-state index >= 15 is 0 Å². The van der Waals surface area contributed by atoms with E-state index in [1.165, 1.54) is 0 Å². The standard InChI is InChI=1S/C13H24N2O4/c1-4-11-9-19-7-6-15(11)13(18)14(5-2)10(3)8-12(16)17/h10-11H,4-9H2,1-3H3,(H,16,17). The van der Waals surface area contributed by atoms with Gasteiger partial charge in [0, 0.05) is 19.1 Å². The number of aliphatic carboxylic acids is 1. The Morgan fingerprint density at radius 3 is 2.68 bits per heavy atom. The minimum Gasteiger partial charge on any atom is -0.481 e. The lowest BCUT2D eigenvalue weighted by molar-refractivity contribution is -0.138. The predicted molar refractivity (Wildman–Crippen MR) is 71.1 cm³/mol. The molecule has 2 atom stereocenters. The summed E-state index contributed by atoms with van der Waals surface area (Å²) >= 11 is 0. The summed E-state index contributed by atoms with van der Waals surface area (Å²) in [4.78, 5) is 26.7. The monoisotopic (exact) mass is 272 g/mol. The third-order valence-corrected chi connectivity index (χ3v) is 3.53. The van der Waals surface area contributed by atoms with Gasteiger partial charge in [0.25, 0.3) is 0 Å². The number of ether oxygens (including phenoxy) is 1. The van der Waals surface area contributed by atoms with Gasteiger partial charge < -0.3 is 19.6 Å². The Kier molecular flexibility index (Phi) is 6.08. The van der Waals surface area contributed by atoms with E-state index in [0.717, 1.165) is 6.42 Å². The number of carboxylic acids is 1. The molecule has 0 aromatic heterocycles. The Morgan fingerprint density at radius 1 is 1.47 bits per heavy atom. The fourth-order valence-electron chi connectivity index (χ4n) is 2.41. The maximum absolute atomic E-state index is 12.5. The highest BCUT2D eigenvalue weighted by atomic mass is 16.5. The summed E-state index contributed by atoms with van der Waals surface area (Å²) < 4.78 is 5.39. The highest BCUT2D eigenvalue weighted by molar-refractivity contribution is 5.76. The molecule has 6 heteroatoms. The van der Waals surface area contributed by atoms with Crippen LogP contribution in [0.25, 0.3) is 0 Å². The molecule has 1 aliphatic rings. The van der Waals surface area contributed by atoms with Crippen molar-refractivity contribution in [1.29, 1.82) is 0 Å². The van der Waals surface area contributed by atoms with E-state index in [0.29, 0.717) is 26.3 Å². The largest absolute Gasteiger partial charge is 0.481 e. The fraction of sp³-hybridized carbons (Fsp3) is 0.846. The molecule has 1 rings (SSSR count). The molecule has 1 N–H and O–H groups in total. The van der Waals surface area contributed by atoms with E-state index in [1.807, 2.05) is 18.7 Å². The Bertz CT molecular complexity index is 322. The van der Waals surface area contributed by atoms with Crippen molar-refractivity contribution in [1.82, 2.24) is 9.80 Å². The lowest BCUT2D eigenvalue weighted by Gasteiger charge is -2.40. The second-order valence-corrected chi connectivity index (χ2v) is 4.85. The minimum absolute atomic E-state index is 0.0271. The molecule has 2 unspecified atom stereocenters. The summed E-state index contributed by atoms with van der Waals surface area (Å²) in [7, 11) is 0. The smallest absolute Gasteiger partial charge is 0.320 e. The van der Waals surface area contributed by atoms with Gasteiger partial charge in [0.15, 0.2) is 0 Å². The van der Waals surface area contributed by atoms with E-state index in [1.54, 1.807) is 11.8 Å². The number of carboxylic acid groups (broad SMARTS) is 1. The number of nitrogens with zero attached hydrogens (tertiary/aromatic N) is 2. The summed E-state index contributed by atoms with van der Waals surface area (Å²) in [5.41, 5.74) is 0. The predicted octanol–water partition coefficient (Wildman–Crippen LogP) is 1.40. The quantitative estimate of drug-likeness (QED) is 0.821. The van der Waals surface area contributed by atoms with Gasteiger partial charge in [-0.1, -0.05) is 6.92 Å². The van der Waals surface area contributed by atoms with E-state index in [4.69, 9.17) is 9.84 Å². The molecule has 19 heavy (non-hydrogen) atoms. The van der Waals surface area contributed by atoms with Gasteiger partial charge in [0.1, 0.15) is 0 Å². The highest BCUT2D eigenvalue weighted by Crippen LogP contribution is 2.15. The van der Waals surface area contributed by atoms with Gasteiger partial charge in [0.2, 0.25) is 0 Å². The van der Waals surface area contributed by atoms with Crippen molar-refractivity contribution in [3.63, 3.8) is 0 Å². The SMILES string of the molecule is CCC1COCCN1C(=O)N(CC)C(C)CC(=O)O. The fourth-order valence-corrected chi connectivity index (χ4v) is 2.41. The summed E-state index contributed by atoms with van der Waals surface area (Å²) in [6, 6.07) is -0.283. The summed E-state index contributed by atoms with van der Waals surface area (Å²) in [6.45, 7) is 7.88. The first-order chi connectivity index (χ1) is 9.01. The van der Waals surface area contributed by atoms with Crippen LogP contribution in [0.5, 0.6) is 0 Å². The molecular formula is C13H24N2O4. The highest BCUT2D eigenvalue weighted by Gasteiger charge is 2.31. The van der Waals surface area contributed by atoms with Gasteiger partial charge in [-0.25, -0.2) is 4.79 Å². The molecule has 0 aliphatic carbocycles. The molecule has 6 nitrogen and oxygen atoms in total. The number of rotatable bonds is 5. The molecular weight excluding hydrogens is 248 g/mol. The summed E-state index contributed by atoms with van der Waals surface area (Å²) in [5, 5.41) is 8.85. The van der Waals surface area contributed by atoms with E-state index < -0.39 is 5.97 Å². The van der Waals surface area contributed by atoms with Gasteiger partial charge in [-0.2, -0.15) is 0 Å². The van der Waals surface area contributed by atoms with Crippen molar-refractivity contribution in [2.45, 2.75) is 45.7 Å². The molecule has 0 spiro atoms. The molecule has 0 radical (unpaired) electrons. The summed E-state index contributed by atoms with van der Waals surface area (Å²) in [5.74, 6) is -0.882. The maximum Gasteiger partial charge on any atom is 0.320 e. The van der Waals surface area contributed by atoms with Crippen LogP contribution >= 0.6 is 0 Å². The molecule has 0 aromatic carbocycles. The molecule has 1 fully saturated rings. The first-order valence-corrected chi connectivity index (χ1v) is 6.88. The van der Waals surface area contributed by atoms with Gasteiger partial charge >= 0.3 is 12.0 Å². The number of carbonyl (C=O) groups is 2. The minimum atomic E-state index is -0.882. The van der Waals surface area contributed by atoms with Crippen LogP contribution in [-0.2, 0) is 9.53 Å².